The van der Waals surface area contributed by atoms with Gasteiger partial charge in [-0.2, -0.15) is 0 Å². The summed E-state index contributed by atoms with van der Waals surface area (Å²) in [6.07, 6.45) is 1.43. The fourth-order valence-corrected chi connectivity index (χ4v) is 3.08. The van der Waals surface area contributed by atoms with E-state index in [4.69, 9.17) is 48.7 Å². The number of benzene rings is 2. The molecule has 3 aromatic rings. The Balaban J connectivity index is 1.57. The fourth-order valence-electron chi connectivity index (χ4n) is 2.48. The van der Waals surface area contributed by atoms with Gasteiger partial charge in [0.05, 0.1) is 40.5 Å². The molecule has 6 nitrogen and oxygen atoms in total. The maximum absolute atomic E-state index is 12.1. The van der Waals surface area contributed by atoms with Gasteiger partial charge >= 0.3 is 5.97 Å². The first-order chi connectivity index (χ1) is 13.4. The lowest BCUT2D eigenvalue weighted by Gasteiger charge is -2.09. The number of hydrogen-bond acceptors (Lipinski definition) is 5. The van der Waals surface area contributed by atoms with E-state index in [0.717, 1.165) is 5.39 Å². The van der Waals surface area contributed by atoms with Crippen molar-refractivity contribution in [3.63, 3.8) is 0 Å². The Hall–Kier alpha value is -2.41. The van der Waals surface area contributed by atoms with Gasteiger partial charge in [0.25, 0.3) is 5.91 Å². The second-order valence-corrected chi connectivity index (χ2v) is 6.98. The Morgan fingerprint density at radius 1 is 1.07 bits per heavy atom. The summed E-state index contributed by atoms with van der Waals surface area (Å²) in [6, 6.07) is 8.10. The highest BCUT2D eigenvalue weighted by Crippen LogP contribution is 2.32. The molecule has 2 aromatic carbocycles. The van der Waals surface area contributed by atoms with Gasteiger partial charge in [-0.05, 0) is 24.3 Å². The number of rotatable bonds is 6. The normalized spacial score (nSPS) is 10.7. The molecular weight excluding hydrogens is 429 g/mol. The Morgan fingerprint density at radius 2 is 1.82 bits per heavy atom. The maximum atomic E-state index is 12.1. The van der Waals surface area contributed by atoms with E-state index < -0.39 is 18.5 Å². The van der Waals surface area contributed by atoms with E-state index in [2.05, 4.69) is 5.32 Å². The molecule has 0 aliphatic carbocycles. The van der Waals surface area contributed by atoms with Crippen LogP contribution in [0, 0.1) is 0 Å². The number of carbonyl (C=O) groups excluding carboxylic acids is 2. The van der Waals surface area contributed by atoms with Gasteiger partial charge in [-0.25, -0.2) is 0 Å². The van der Waals surface area contributed by atoms with Gasteiger partial charge in [0.1, 0.15) is 11.3 Å². The highest BCUT2D eigenvalue weighted by Gasteiger charge is 2.15. The van der Waals surface area contributed by atoms with E-state index in [1.807, 2.05) is 0 Å². The summed E-state index contributed by atoms with van der Waals surface area (Å²) >= 11 is 17.7. The summed E-state index contributed by atoms with van der Waals surface area (Å²) in [6.45, 7) is -0.473. The zero-order valence-corrected chi connectivity index (χ0v) is 16.8. The van der Waals surface area contributed by atoms with Crippen LogP contribution < -0.4 is 10.1 Å². The SMILES string of the molecule is COc1ccc2c(CC(=O)OCC(=O)Nc3cc(Cl)c(Cl)cc3Cl)coc2c1. The molecule has 0 unspecified atom stereocenters. The Morgan fingerprint density at radius 3 is 2.57 bits per heavy atom. The molecule has 9 heteroatoms. The first-order valence-corrected chi connectivity index (χ1v) is 9.15. The number of anilines is 1. The molecule has 0 spiro atoms. The van der Waals surface area contributed by atoms with Gasteiger partial charge in [-0.15, -0.1) is 0 Å². The molecule has 0 atom stereocenters. The van der Waals surface area contributed by atoms with Gasteiger partial charge in [0.15, 0.2) is 6.61 Å². The number of nitrogens with one attached hydrogen (secondary N) is 1. The van der Waals surface area contributed by atoms with Gasteiger partial charge in [-0.3, -0.25) is 9.59 Å². The molecule has 0 radical (unpaired) electrons. The molecule has 0 aliphatic rings. The first kappa shape index (κ1) is 20.3. The molecule has 3 rings (SSSR count). The van der Waals surface area contributed by atoms with Crippen LogP contribution >= 0.6 is 34.8 Å². The third kappa shape index (κ3) is 4.70. The van der Waals surface area contributed by atoms with Crippen LogP contribution in [-0.2, 0) is 20.7 Å². The van der Waals surface area contributed by atoms with Gasteiger partial charge < -0.3 is 19.2 Å². The van der Waals surface area contributed by atoms with E-state index in [9.17, 15) is 9.59 Å². The number of carbonyl (C=O) groups is 2. The molecule has 0 bridgehead atoms. The Labute approximate surface area is 175 Å². The van der Waals surface area contributed by atoms with Crippen LogP contribution in [0.1, 0.15) is 5.56 Å². The molecule has 28 heavy (non-hydrogen) atoms. The topological polar surface area (TPSA) is 77.8 Å². The number of methoxy groups -OCH3 is 1. The van der Waals surface area contributed by atoms with Crippen molar-refractivity contribution in [3.8, 4) is 5.75 Å². The van der Waals surface area contributed by atoms with E-state index in [-0.39, 0.29) is 27.2 Å². The van der Waals surface area contributed by atoms with Crippen LogP contribution in [0.2, 0.25) is 15.1 Å². The fraction of sp³-hybridized carbons (Fsp3) is 0.158. The zero-order valence-electron chi connectivity index (χ0n) is 14.6. The number of amides is 1. The highest BCUT2D eigenvalue weighted by molar-refractivity contribution is 6.44. The quantitative estimate of drug-likeness (QED) is 0.423. The van der Waals surface area contributed by atoms with E-state index >= 15 is 0 Å². The second-order valence-electron chi connectivity index (χ2n) is 5.75. The van der Waals surface area contributed by atoms with Crippen molar-refractivity contribution in [3.05, 3.63) is 57.2 Å². The number of ether oxygens (including phenoxy) is 2. The van der Waals surface area contributed by atoms with E-state index in [0.29, 0.717) is 16.9 Å². The summed E-state index contributed by atoms with van der Waals surface area (Å²) in [5.41, 5.74) is 1.51. The Kier molecular flexibility index (Phi) is 6.34. The third-order valence-electron chi connectivity index (χ3n) is 3.85. The van der Waals surface area contributed by atoms with Crippen molar-refractivity contribution >= 4 is 63.3 Å². The molecule has 146 valence electrons. The predicted octanol–water partition coefficient (Wildman–Crippen LogP) is 5.13. The van der Waals surface area contributed by atoms with Crippen molar-refractivity contribution in [2.24, 2.45) is 0 Å². The maximum Gasteiger partial charge on any atom is 0.310 e. The second kappa shape index (κ2) is 8.73. The van der Waals surface area contributed by atoms with Crippen molar-refractivity contribution in [2.75, 3.05) is 19.0 Å². The van der Waals surface area contributed by atoms with Crippen molar-refractivity contribution in [1.29, 1.82) is 0 Å². The van der Waals surface area contributed by atoms with Gasteiger partial charge in [0, 0.05) is 17.0 Å². The average Bonchev–Trinajstić information content (AvgIpc) is 3.06. The number of furan rings is 1. The molecular formula is C19H14Cl3NO5. The largest absolute Gasteiger partial charge is 0.497 e. The van der Waals surface area contributed by atoms with Crippen LogP contribution in [0.4, 0.5) is 5.69 Å². The van der Waals surface area contributed by atoms with Gasteiger partial charge in [0.2, 0.25) is 0 Å². The molecule has 1 heterocycles. The molecule has 1 aromatic heterocycles. The zero-order chi connectivity index (χ0) is 20.3. The lowest BCUT2D eigenvalue weighted by atomic mass is 10.1. The monoisotopic (exact) mass is 441 g/mol. The van der Waals surface area contributed by atoms with Crippen molar-refractivity contribution in [1.82, 2.24) is 0 Å². The molecule has 0 saturated carbocycles. The summed E-state index contributed by atoms with van der Waals surface area (Å²) in [5, 5.41) is 4.00. The summed E-state index contributed by atoms with van der Waals surface area (Å²) in [7, 11) is 1.55. The molecule has 1 amide bonds. The molecule has 0 aliphatic heterocycles. The lowest BCUT2D eigenvalue weighted by molar-refractivity contribution is -0.146. The summed E-state index contributed by atoms with van der Waals surface area (Å²) in [4.78, 5) is 24.1. The third-order valence-corrected chi connectivity index (χ3v) is 4.88. The standard InChI is InChI=1S/C19H14Cl3NO5/c1-26-11-2-3-12-10(8-27-17(12)5-11)4-19(25)28-9-18(24)23-16-7-14(21)13(20)6-15(16)22/h2-3,5-8H,4,9H2,1H3,(H,23,24). The summed E-state index contributed by atoms with van der Waals surface area (Å²) in [5.74, 6) is -0.488. The van der Waals surface area contributed by atoms with Gasteiger partial charge in [-0.1, -0.05) is 34.8 Å². The average molecular weight is 443 g/mol. The van der Waals surface area contributed by atoms with Crippen molar-refractivity contribution in [2.45, 2.75) is 6.42 Å². The van der Waals surface area contributed by atoms with Crippen LogP contribution in [0.15, 0.2) is 41.0 Å². The first-order valence-electron chi connectivity index (χ1n) is 8.01. The van der Waals surface area contributed by atoms with E-state index in [1.165, 1.54) is 18.4 Å². The minimum atomic E-state index is -0.575. The molecule has 1 N–H and O–H groups in total. The van der Waals surface area contributed by atoms with Crippen LogP contribution in [-0.4, -0.2) is 25.6 Å². The van der Waals surface area contributed by atoms with Crippen LogP contribution in [0.5, 0.6) is 5.75 Å². The Bertz CT molecular complexity index is 1050. The summed E-state index contributed by atoms with van der Waals surface area (Å²) < 4.78 is 15.6. The molecule has 0 fully saturated rings. The molecule has 0 saturated heterocycles. The van der Waals surface area contributed by atoms with E-state index in [1.54, 1.807) is 25.3 Å². The number of halogens is 3. The highest BCUT2D eigenvalue weighted by atomic mass is 35.5. The smallest absolute Gasteiger partial charge is 0.310 e. The predicted molar refractivity (Wildman–Crippen MR) is 108 cm³/mol. The number of fused-ring (bicyclic) bond motifs is 1. The van der Waals surface area contributed by atoms with Crippen molar-refractivity contribution < 1.29 is 23.5 Å². The minimum absolute atomic E-state index is 0.0415. The number of esters is 1. The van der Waals surface area contributed by atoms with Crippen LogP contribution in [0.3, 0.4) is 0 Å². The van der Waals surface area contributed by atoms with Crippen LogP contribution in [0.25, 0.3) is 11.0 Å². The lowest BCUT2D eigenvalue weighted by Crippen LogP contribution is -2.21. The number of hydrogen-bond donors (Lipinski definition) is 1. The minimum Gasteiger partial charge on any atom is -0.497 e.